The van der Waals surface area contributed by atoms with Crippen molar-refractivity contribution in [1.82, 2.24) is 19.8 Å². The van der Waals surface area contributed by atoms with E-state index in [2.05, 4.69) is 31.2 Å². The molecule has 8 heteroatoms. The third-order valence-electron chi connectivity index (χ3n) is 2.87. The average molecular weight is 367 g/mol. The highest BCUT2D eigenvalue weighted by Crippen LogP contribution is 2.33. The van der Waals surface area contributed by atoms with Crippen molar-refractivity contribution in [1.29, 1.82) is 0 Å². The van der Waals surface area contributed by atoms with Crippen LogP contribution in [0.15, 0.2) is 32.7 Å². The molecule has 0 aromatic carbocycles. The lowest BCUT2D eigenvalue weighted by atomic mass is 10.3. The molecule has 0 atom stereocenters. The van der Waals surface area contributed by atoms with Gasteiger partial charge in [0.25, 0.3) is 0 Å². The van der Waals surface area contributed by atoms with Gasteiger partial charge in [-0.3, -0.25) is 0 Å². The molecule has 4 rings (SSSR count). The number of rotatable bonds is 2. The molecule has 0 radical (unpaired) electrons. The molecule has 0 amide bonds. The quantitative estimate of drug-likeness (QED) is 0.532. The summed E-state index contributed by atoms with van der Waals surface area (Å²) in [5.74, 6) is 1.62. The first-order valence-electron chi connectivity index (χ1n) is 5.75. The minimum atomic E-state index is 0.763. The second-order valence-electron chi connectivity index (χ2n) is 4.12. The van der Waals surface area contributed by atoms with Gasteiger partial charge in [0.2, 0.25) is 4.96 Å². The molecule has 4 aromatic heterocycles. The van der Waals surface area contributed by atoms with Crippen LogP contribution in [0.2, 0.25) is 0 Å². The molecule has 0 aliphatic carbocycles. The SMILES string of the molecule is Cc1occc1-c1nn2c(-c3ccc(Br)s3)nnc2s1. The largest absolute Gasteiger partial charge is 0.469 e. The van der Waals surface area contributed by atoms with Gasteiger partial charge in [0.15, 0.2) is 10.8 Å². The summed E-state index contributed by atoms with van der Waals surface area (Å²) in [6.07, 6.45) is 1.67. The van der Waals surface area contributed by atoms with E-state index in [0.717, 1.165) is 35.8 Å². The fourth-order valence-electron chi connectivity index (χ4n) is 1.92. The van der Waals surface area contributed by atoms with E-state index in [1.165, 1.54) is 11.3 Å². The number of furan rings is 1. The number of nitrogens with zero attached hydrogens (tertiary/aromatic N) is 4. The van der Waals surface area contributed by atoms with Crippen LogP contribution in [0.25, 0.3) is 26.2 Å². The molecule has 0 saturated carbocycles. The Bertz CT molecular complexity index is 904. The summed E-state index contributed by atoms with van der Waals surface area (Å²) in [6, 6.07) is 5.92. The molecule has 0 spiro atoms. The maximum absolute atomic E-state index is 5.33. The number of aromatic nitrogens is 4. The van der Waals surface area contributed by atoms with Crippen LogP contribution in [0.1, 0.15) is 5.76 Å². The van der Waals surface area contributed by atoms with Crippen LogP contribution in [0.4, 0.5) is 0 Å². The highest BCUT2D eigenvalue weighted by Gasteiger charge is 2.17. The van der Waals surface area contributed by atoms with E-state index >= 15 is 0 Å². The molecule has 0 bridgehead atoms. The van der Waals surface area contributed by atoms with E-state index in [0.29, 0.717) is 0 Å². The van der Waals surface area contributed by atoms with Gasteiger partial charge in [0.05, 0.1) is 20.5 Å². The minimum Gasteiger partial charge on any atom is -0.469 e. The lowest BCUT2D eigenvalue weighted by molar-refractivity contribution is 0.535. The summed E-state index contributed by atoms with van der Waals surface area (Å²) in [5, 5.41) is 13.9. The first-order chi connectivity index (χ1) is 9.72. The number of hydrogen-bond donors (Lipinski definition) is 0. The lowest BCUT2D eigenvalue weighted by Crippen LogP contribution is -1.88. The molecular formula is C12H7BrN4OS2. The van der Waals surface area contributed by atoms with Crippen molar-refractivity contribution in [3.63, 3.8) is 0 Å². The van der Waals surface area contributed by atoms with Gasteiger partial charge in [-0.1, -0.05) is 11.3 Å². The summed E-state index contributed by atoms with van der Waals surface area (Å²) in [6.45, 7) is 1.93. The third kappa shape index (κ3) is 1.83. The van der Waals surface area contributed by atoms with Crippen molar-refractivity contribution in [2.75, 3.05) is 0 Å². The Morgan fingerprint density at radius 1 is 1.20 bits per heavy atom. The molecule has 4 heterocycles. The van der Waals surface area contributed by atoms with E-state index in [-0.39, 0.29) is 0 Å². The molecule has 0 N–H and O–H groups in total. The lowest BCUT2D eigenvalue weighted by Gasteiger charge is -1.92. The van der Waals surface area contributed by atoms with Crippen LogP contribution in [0.3, 0.4) is 0 Å². The van der Waals surface area contributed by atoms with Gasteiger partial charge in [-0.25, -0.2) is 0 Å². The topological polar surface area (TPSA) is 56.2 Å². The van der Waals surface area contributed by atoms with E-state index < -0.39 is 0 Å². The fourth-order valence-corrected chi connectivity index (χ4v) is 4.19. The summed E-state index contributed by atoms with van der Waals surface area (Å²) >= 11 is 6.57. The summed E-state index contributed by atoms with van der Waals surface area (Å²) in [7, 11) is 0. The van der Waals surface area contributed by atoms with Gasteiger partial charge in [0.1, 0.15) is 5.76 Å². The molecule has 20 heavy (non-hydrogen) atoms. The predicted octanol–water partition coefficient (Wildman–Crippen LogP) is 4.25. The second kappa shape index (κ2) is 4.51. The molecular weight excluding hydrogens is 360 g/mol. The van der Waals surface area contributed by atoms with Gasteiger partial charge in [-0.15, -0.1) is 21.5 Å². The maximum Gasteiger partial charge on any atom is 0.235 e. The van der Waals surface area contributed by atoms with Gasteiger partial charge >= 0.3 is 0 Å². The normalized spacial score (nSPS) is 11.5. The third-order valence-corrected chi connectivity index (χ3v) is 5.43. The number of hydrogen-bond acceptors (Lipinski definition) is 6. The number of aryl methyl sites for hydroxylation is 1. The van der Waals surface area contributed by atoms with Crippen molar-refractivity contribution in [2.45, 2.75) is 6.92 Å². The zero-order valence-corrected chi connectivity index (χ0v) is 13.4. The van der Waals surface area contributed by atoms with E-state index in [1.807, 2.05) is 25.1 Å². The van der Waals surface area contributed by atoms with Crippen molar-refractivity contribution < 1.29 is 4.42 Å². The predicted molar refractivity (Wildman–Crippen MR) is 82.1 cm³/mol. The van der Waals surface area contributed by atoms with Gasteiger partial charge in [0, 0.05) is 0 Å². The van der Waals surface area contributed by atoms with E-state index in [4.69, 9.17) is 4.42 Å². The van der Waals surface area contributed by atoms with Gasteiger partial charge in [-0.2, -0.15) is 9.61 Å². The number of fused-ring (bicyclic) bond motifs is 1. The van der Waals surface area contributed by atoms with Crippen molar-refractivity contribution in [2.24, 2.45) is 0 Å². The Morgan fingerprint density at radius 3 is 2.80 bits per heavy atom. The van der Waals surface area contributed by atoms with E-state index in [1.54, 1.807) is 22.1 Å². The molecule has 0 saturated heterocycles. The van der Waals surface area contributed by atoms with Crippen molar-refractivity contribution >= 4 is 43.6 Å². The highest BCUT2D eigenvalue weighted by atomic mass is 79.9. The van der Waals surface area contributed by atoms with Crippen LogP contribution in [0, 0.1) is 6.92 Å². The molecule has 5 nitrogen and oxygen atoms in total. The molecule has 0 unspecified atom stereocenters. The number of halogens is 1. The highest BCUT2D eigenvalue weighted by molar-refractivity contribution is 9.11. The first kappa shape index (κ1) is 12.2. The zero-order valence-electron chi connectivity index (χ0n) is 10.2. The smallest absolute Gasteiger partial charge is 0.235 e. The minimum absolute atomic E-state index is 0.763. The van der Waals surface area contributed by atoms with Crippen LogP contribution in [-0.4, -0.2) is 19.8 Å². The molecule has 0 fully saturated rings. The molecule has 100 valence electrons. The van der Waals surface area contributed by atoms with Crippen LogP contribution >= 0.6 is 38.6 Å². The van der Waals surface area contributed by atoms with Gasteiger partial charge < -0.3 is 4.42 Å². The monoisotopic (exact) mass is 366 g/mol. The fraction of sp³-hybridized carbons (Fsp3) is 0.0833. The summed E-state index contributed by atoms with van der Waals surface area (Å²) in [4.78, 5) is 1.81. The second-order valence-corrected chi connectivity index (χ2v) is 7.54. The Morgan fingerprint density at radius 2 is 2.10 bits per heavy atom. The van der Waals surface area contributed by atoms with Crippen LogP contribution < -0.4 is 0 Å². The summed E-state index contributed by atoms with van der Waals surface area (Å²) in [5.41, 5.74) is 0.999. The average Bonchev–Trinajstić information content (AvgIpc) is 3.11. The maximum atomic E-state index is 5.33. The van der Waals surface area contributed by atoms with Crippen LogP contribution in [0.5, 0.6) is 0 Å². The Balaban J connectivity index is 1.89. The molecule has 0 aliphatic heterocycles. The standard InChI is InChI=1S/C12H7BrN4OS2/c1-6-7(4-5-18-6)11-16-17-10(14-15-12(17)20-11)8-2-3-9(13)19-8/h2-5H,1H3. The summed E-state index contributed by atoms with van der Waals surface area (Å²) < 4.78 is 8.17. The Hall–Kier alpha value is -1.51. The van der Waals surface area contributed by atoms with Gasteiger partial charge in [-0.05, 0) is 41.1 Å². The van der Waals surface area contributed by atoms with Crippen molar-refractivity contribution in [3.05, 3.63) is 34.0 Å². The Labute approximate surface area is 130 Å². The van der Waals surface area contributed by atoms with E-state index in [9.17, 15) is 0 Å². The van der Waals surface area contributed by atoms with Crippen LogP contribution in [-0.2, 0) is 0 Å². The number of thiophene rings is 1. The molecule has 0 aliphatic rings. The zero-order chi connectivity index (χ0) is 13.7. The van der Waals surface area contributed by atoms with Crippen molar-refractivity contribution in [3.8, 4) is 21.3 Å². The first-order valence-corrected chi connectivity index (χ1v) is 8.17. The Kier molecular flexibility index (Phi) is 2.76. The molecule has 4 aromatic rings.